The van der Waals surface area contributed by atoms with Crippen LogP contribution < -0.4 is 15.4 Å². The van der Waals surface area contributed by atoms with Crippen LogP contribution in [0, 0.1) is 0 Å². The van der Waals surface area contributed by atoms with E-state index in [4.69, 9.17) is 4.74 Å². The summed E-state index contributed by atoms with van der Waals surface area (Å²) in [5, 5.41) is 9.82. The summed E-state index contributed by atoms with van der Waals surface area (Å²) < 4.78 is 7.41. The number of carbonyl (C=O) groups excluding carboxylic acids is 1. The van der Waals surface area contributed by atoms with Gasteiger partial charge in [-0.25, -0.2) is 9.78 Å². The Balaban J connectivity index is 1.82. The van der Waals surface area contributed by atoms with Gasteiger partial charge in [-0.3, -0.25) is 4.68 Å². The second-order valence-electron chi connectivity index (χ2n) is 5.59. The minimum Gasteiger partial charge on any atom is -0.475 e. The maximum Gasteiger partial charge on any atom is 0.315 e. The highest BCUT2D eigenvalue weighted by Gasteiger charge is 2.10. The van der Waals surface area contributed by atoms with Crippen LogP contribution in [0.1, 0.15) is 26.3 Å². The Bertz CT molecular complexity index is 613. The average Bonchev–Trinajstić information content (AvgIpc) is 2.98. The van der Waals surface area contributed by atoms with Crippen molar-refractivity contribution in [1.82, 2.24) is 25.4 Å². The first-order valence-electron chi connectivity index (χ1n) is 7.67. The quantitative estimate of drug-likeness (QED) is 0.818. The molecule has 1 atom stereocenters. The summed E-state index contributed by atoms with van der Waals surface area (Å²) in [4.78, 5) is 16.2. The molecular weight excluding hydrogens is 294 g/mol. The van der Waals surface area contributed by atoms with Gasteiger partial charge >= 0.3 is 6.03 Å². The van der Waals surface area contributed by atoms with Crippen LogP contribution in [0.5, 0.6) is 5.88 Å². The van der Waals surface area contributed by atoms with Crippen molar-refractivity contribution in [3.8, 4) is 5.88 Å². The van der Waals surface area contributed by atoms with Crippen LogP contribution in [0.3, 0.4) is 0 Å². The number of hydrogen-bond acceptors (Lipinski definition) is 4. The van der Waals surface area contributed by atoms with Crippen LogP contribution >= 0.6 is 0 Å². The molecule has 0 spiro atoms. The summed E-state index contributed by atoms with van der Waals surface area (Å²) in [7, 11) is 0. The predicted octanol–water partition coefficient (Wildman–Crippen LogP) is 1.95. The zero-order chi connectivity index (χ0) is 16.7. The third kappa shape index (κ3) is 5.61. The van der Waals surface area contributed by atoms with Crippen molar-refractivity contribution in [1.29, 1.82) is 0 Å². The molecule has 7 heteroatoms. The van der Waals surface area contributed by atoms with Crippen LogP contribution in [0.4, 0.5) is 4.79 Å². The molecule has 0 saturated carbocycles. The molecule has 7 nitrogen and oxygen atoms in total. The lowest BCUT2D eigenvalue weighted by molar-refractivity contribution is 0.227. The molecule has 124 valence electrons. The minimum absolute atomic E-state index is 0.0322. The molecule has 0 radical (unpaired) electrons. The maximum absolute atomic E-state index is 12.0. The van der Waals surface area contributed by atoms with Crippen molar-refractivity contribution >= 4 is 6.03 Å². The molecule has 0 aliphatic heterocycles. The highest BCUT2D eigenvalue weighted by Crippen LogP contribution is 2.15. The summed E-state index contributed by atoms with van der Waals surface area (Å²) >= 11 is 0. The molecule has 23 heavy (non-hydrogen) atoms. The number of rotatable bonds is 7. The van der Waals surface area contributed by atoms with Crippen molar-refractivity contribution in [2.45, 2.75) is 46.0 Å². The summed E-state index contributed by atoms with van der Waals surface area (Å²) in [6.07, 6.45) is 5.28. The van der Waals surface area contributed by atoms with Crippen molar-refractivity contribution in [2.75, 3.05) is 0 Å². The number of urea groups is 1. The van der Waals surface area contributed by atoms with Gasteiger partial charge in [-0.1, -0.05) is 6.07 Å². The van der Waals surface area contributed by atoms with Gasteiger partial charge in [0, 0.05) is 36.7 Å². The Morgan fingerprint density at radius 2 is 2.13 bits per heavy atom. The van der Waals surface area contributed by atoms with E-state index in [0.29, 0.717) is 19.0 Å². The van der Waals surface area contributed by atoms with Gasteiger partial charge in [-0.05, 0) is 32.9 Å². The lowest BCUT2D eigenvalue weighted by Gasteiger charge is -2.16. The molecule has 2 rings (SSSR count). The number of carbonyl (C=O) groups is 1. The number of nitrogens with one attached hydrogen (secondary N) is 2. The molecule has 0 saturated heterocycles. The van der Waals surface area contributed by atoms with E-state index in [1.54, 1.807) is 17.1 Å². The Kier molecular flexibility index (Phi) is 5.96. The Hall–Kier alpha value is -2.57. The number of amides is 2. The van der Waals surface area contributed by atoms with E-state index in [2.05, 4.69) is 20.7 Å². The lowest BCUT2D eigenvalue weighted by atomic mass is 10.2. The highest BCUT2D eigenvalue weighted by atomic mass is 16.5. The van der Waals surface area contributed by atoms with Crippen molar-refractivity contribution in [2.24, 2.45) is 0 Å². The molecule has 0 bridgehead atoms. The third-order valence-electron chi connectivity index (χ3n) is 3.03. The molecule has 2 amide bonds. The molecule has 0 unspecified atom stereocenters. The fourth-order valence-electron chi connectivity index (χ4n) is 2.07. The molecule has 0 aromatic carbocycles. The van der Waals surface area contributed by atoms with E-state index in [0.717, 1.165) is 5.56 Å². The summed E-state index contributed by atoms with van der Waals surface area (Å²) in [6.45, 7) is 6.79. The summed E-state index contributed by atoms with van der Waals surface area (Å²) in [6, 6.07) is 5.30. The number of pyridine rings is 1. The summed E-state index contributed by atoms with van der Waals surface area (Å²) in [5.41, 5.74) is 0.844. The SMILES string of the molecule is CC(C)Oc1ncccc1CNC(=O)N[C@H](C)Cn1cccn1. The molecule has 2 aromatic heterocycles. The minimum atomic E-state index is -0.232. The van der Waals surface area contributed by atoms with Crippen molar-refractivity contribution in [3.05, 3.63) is 42.4 Å². The number of hydrogen-bond donors (Lipinski definition) is 2. The van der Waals surface area contributed by atoms with Crippen LogP contribution in [0.15, 0.2) is 36.8 Å². The molecule has 0 aliphatic carbocycles. The zero-order valence-corrected chi connectivity index (χ0v) is 13.7. The largest absolute Gasteiger partial charge is 0.475 e. The molecular formula is C16H23N5O2. The first-order chi connectivity index (χ1) is 11.0. The van der Waals surface area contributed by atoms with E-state index < -0.39 is 0 Å². The van der Waals surface area contributed by atoms with Crippen LogP contribution in [0.25, 0.3) is 0 Å². The van der Waals surface area contributed by atoms with E-state index in [9.17, 15) is 4.79 Å². The Morgan fingerprint density at radius 1 is 1.30 bits per heavy atom. The lowest BCUT2D eigenvalue weighted by Crippen LogP contribution is -2.42. The monoisotopic (exact) mass is 317 g/mol. The van der Waals surface area contributed by atoms with Gasteiger partial charge in [0.1, 0.15) is 0 Å². The third-order valence-corrected chi connectivity index (χ3v) is 3.03. The van der Waals surface area contributed by atoms with Gasteiger partial charge in [-0.2, -0.15) is 5.10 Å². The molecule has 2 N–H and O–H groups in total. The number of nitrogens with zero attached hydrogens (tertiary/aromatic N) is 3. The second kappa shape index (κ2) is 8.17. The fourth-order valence-corrected chi connectivity index (χ4v) is 2.07. The molecule has 0 aliphatic rings. The smallest absolute Gasteiger partial charge is 0.315 e. The van der Waals surface area contributed by atoms with E-state index in [1.165, 1.54) is 0 Å². The number of ether oxygens (including phenoxy) is 1. The molecule has 0 fully saturated rings. The van der Waals surface area contributed by atoms with Crippen molar-refractivity contribution in [3.63, 3.8) is 0 Å². The normalized spacial score (nSPS) is 12.0. The molecule has 2 heterocycles. The van der Waals surface area contributed by atoms with Gasteiger partial charge in [0.05, 0.1) is 12.6 Å². The predicted molar refractivity (Wildman–Crippen MR) is 87.1 cm³/mol. The van der Waals surface area contributed by atoms with Gasteiger partial charge in [-0.15, -0.1) is 0 Å². The first kappa shape index (κ1) is 16.8. The van der Waals surface area contributed by atoms with Gasteiger partial charge in [0.25, 0.3) is 0 Å². The van der Waals surface area contributed by atoms with Crippen LogP contribution in [-0.4, -0.2) is 32.9 Å². The van der Waals surface area contributed by atoms with E-state index in [-0.39, 0.29) is 18.2 Å². The summed E-state index contributed by atoms with van der Waals surface area (Å²) in [5.74, 6) is 0.549. The standard InChI is InChI=1S/C16H23N5O2/c1-12(2)23-15-14(6-4-7-17-15)10-18-16(22)20-13(3)11-21-9-5-8-19-21/h4-9,12-13H,10-11H2,1-3H3,(H2,18,20,22)/t13-/m1/s1. The van der Waals surface area contributed by atoms with Gasteiger partial charge in [0.2, 0.25) is 5.88 Å². The van der Waals surface area contributed by atoms with Gasteiger partial charge < -0.3 is 15.4 Å². The number of aromatic nitrogens is 3. The topological polar surface area (TPSA) is 81.1 Å². The second-order valence-corrected chi connectivity index (χ2v) is 5.59. The first-order valence-corrected chi connectivity index (χ1v) is 7.67. The average molecular weight is 317 g/mol. The fraction of sp³-hybridized carbons (Fsp3) is 0.438. The Morgan fingerprint density at radius 3 is 2.83 bits per heavy atom. The molecule has 2 aromatic rings. The van der Waals surface area contributed by atoms with E-state index in [1.807, 2.05) is 45.2 Å². The van der Waals surface area contributed by atoms with E-state index >= 15 is 0 Å². The van der Waals surface area contributed by atoms with Crippen LogP contribution in [0.2, 0.25) is 0 Å². The zero-order valence-electron chi connectivity index (χ0n) is 13.7. The highest BCUT2D eigenvalue weighted by molar-refractivity contribution is 5.74. The van der Waals surface area contributed by atoms with Crippen LogP contribution in [-0.2, 0) is 13.1 Å². The Labute approximate surface area is 136 Å². The maximum atomic E-state index is 12.0. The van der Waals surface area contributed by atoms with Gasteiger partial charge in [0.15, 0.2) is 0 Å². The van der Waals surface area contributed by atoms with Crippen molar-refractivity contribution < 1.29 is 9.53 Å².